The van der Waals surface area contributed by atoms with Gasteiger partial charge in [0.2, 0.25) is 0 Å². The lowest BCUT2D eigenvalue weighted by atomic mass is 10.1. The van der Waals surface area contributed by atoms with Gasteiger partial charge in [-0.15, -0.1) is 0 Å². The highest BCUT2D eigenvalue weighted by Gasteiger charge is 2.27. The lowest BCUT2D eigenvalue weighted by molar-refractivity contribution is -0.161. The average Bonchev–Trinajstić information content (AvgIpc) is 3.12. The Kier molecular flexibility index (Phi) is 35.7. The van der Waals surface area contributed by atoms with Crippen molar-refractivity contribution in [1.29, 1.82) is 0 Å². The molecule has 0 bridgehead atoms. The van der Waals surface area contributed by atoms with Crippen molar-refractivity contribution >= 4 is 19.8 Å². The van der Waals surface area contributed by atoms with Crippen LogP contribution in [0.25, 0.3) is 0 Å². The summed E-state index contributed by atoms with van der Waals surface area (Å²) in [6.45, 7) is 2.30. The van der Waals surface area contributed by atoms with Gasteiger partial charge in [0.15, 0.2) is 6.10 Å². The SMILES string of the molecule is CCC/C=C\CCCCCCCC(=O)OCC(COP(=O)(O)OCC(O)CO)OC(=O)CCCCCCCCC/C=C\CCCCCCCCC. The van der Waals surface area contributed by atoms with Gasteiger partial charge in [0, 0.05) is 12.8 Å². The molecule has 0 aromatic carbocycles. The molecule has 0 saturated heterocycles. The number of aliphatic hydroxyl groups excluding tert-OH is 2. The number of phosphoric acid groups is 1. The van der Waals surface area contributed by atoms with Crippen molar-refractivity contribution in [3.63, 3.8) is 0 Å². The number of hydrogen-bond donors (Lipinski definition) is 3. The molecular formula is C40H75O10P. The minimum Gasteiger partial charge on any atom is -0.462 e. The van der Waals surface area contributed by atoms with Gasteiger partial charge in [-0.1, -0.05) is 134 Å². The lowest BCUT2D eigenvalue weighted by Gasteiger charge is -2.20. The molecule has 3 unspecified atom stereocenters. The summed E-state index contributed by atoms with van der Waals surface area (Å²) in [4.78, 5) is 34.8. The summed E-state index contributed by atoms with van der Waals surface area (Å²) >= 11 is 0. The zero-order valence-corrected chi connectivity index (χ0v) is 33.2. The summed E-state index contributed by atoms with van der Waals surface area (Å²) < 4.78 is 32.6. The van der Waals surface area contributed by atoms with Crippen LogP contribution in [0, 0.1) is 0 Å². The number of unbranched alkanes of at least 4 members (excludes halogenated alkanes) is 20. The van der Waals surface area contributed by atoms with Crippen LogP contribution in [0.5, 0.6) is 0 Å². The molecule has 0 radical (unpaired) electrons. The Labute approximate surface area is 310 Å². The van der Waals surface area contributed by atoms with Crippen molar-refractivity contribution in [3.8, 4) is 0 Å². The Morgan fingerprint density at radius 1 is 0.569 bits per heavy atom. The van der Waals surface area contributed by atoms with E-state index in [9.17, 15) is 24.2 Å². The standard InChI is InChI=1S/C40H75O10P/c1-3-5-7-9-11-13-15-16-17-18-19-20-21-22-24-26-28-30-32-40(44)50-38(36-49-51(45,46)48-34-37(42)33-41)35-47-39(43)31-29-27-25-23-14-12-10-8-6-4-2/h8,10,17-18,37-38,41-42H,3-7,9,11-16,19-36H2,1-2H3,(H,45,46)/b10-8-,18-17-. The second-order valence-corrected chi connectivity index (χ2v) is 15.1. The summed E-state index contributed by atoms with van der Waals surface area (Å²) in [7, 11) is -4.61. The van der Waals surface area contributed by atoms with Gasteiger partial charge in [0.1, 0.15) is 12.7 Å². The van der Waals surface area contributed by atoms with Crippen molar-refractivity contribution in [2.75, 3.05) is 26.4 Å². The number of hydrogen-bond acceptors (Lipinski definition) is 9. The van der Waals surface area contributed by atoms with Gasteiger partial charge in [-0.05, 0) is 57.8 Å². The molecule has 300 valence electrons. The third kappa shape index (κ3) is 36.6. The number of allylic oxidation sites excluding steroid dienone is 4. The molecule has 3 N–H and O–H groups in total. The van der Waals surface area contributed by atoms with Gasteiger partial charge < -0.3 is 24.6 Å². The predicted octanol–water partition coefficient (Wildman–Crippen LogP) is 10.2. The van der Waals surface area contributed by atoms with E-state index in [1.807, 2.05) is 0 Å². The summed E-state index contributed by atoms with van der Waals surface area (Å²) in [6.07, 6.45) is 34.4. The second kappa shape index (κ2) is 36.8. The Balaban J connectivity index is 4.29. The first-order valence-electron chi connectivity index (χ1n) is 20.3. The van der Waals surface area contributed by atoms with E-state index in [1.54, 1.807) is 0 Å². The van der Waals surface area contributed by atoms with Gasteiger partial charge in [-0.2, -0.15) is 0 Å². The smallest absolute Gasteiger partial charge is 0.462 e. The fourth-order valence-corrected chi connectivity index (χ4v) is 6.19. The van der Waals surface area contributed by atoms with Crippen LogP contribution in [-0.4, -0.2) is 65.7 Å². The maximum Gasteiger partial charge on any atom is 0.472 e. The van der Waals surface area contributed by atoms with Gasteiger partial charge >= 0.3 is 19.8 Å². The fourth-order valence-electron chi connectivity index (χ4n) is 5.40. The molecule has 0 aromatic heterocycles. The molecule has 0 rings (SSSR count). The molecule has 0 amide bonds. The fraction of sp³-hybridized carbons (Fsp3) is 0.850. The van der Waals surface area contributed by atoms with Crippen molar-refractivity contribution < 1.29 is 47.8 Å². The molecule has 0 fully saturated rings. The van der Waals surface area contributed by atoms with Crippen LogP contribution in [0.2, 0.25) is 0 Å². The average molecular weight is 747 g/mol. The Morgan fingerprint density at radius 2 is 1.00 bits per heavy atom. The van der Waals surface area contributed by atoms with E-state index in [1.165, 1.54) is 70.6 Å². The molecule has 0 aliphatic heterocycles. The molecule has 0 saturated carbocycles. The van der Waals surface area contributed by atoms with Crippen LogP contribution >= 0.6 is 7.82 Å². The van der Waals surface area contributed by atoms with Gasteiger partial charge in [0.25, 0.3) is 0 Å². The molecule has 0 aliphatic rings. The van der Waals surface area contributed by atoms with Crippen LogP contribution in [0.15, 0.2) is 24.3 Å². The highest BCUT2D eigenvalue weighted by atomic mass is 31.2. The monoisotopic (exact) mass is 747 g/mol. The van der Waals surface area contributed by atoms with Crippen molar-refractivity contribution in [2.24, 2.45) is 0 Å². The molecule has 51 heavy (non-hydrogen) atoms. The van der Waals surface area contributed by atoms with Crippen LogP contribution in [0.4, 0.5) is 0 Å². The van der Waals surface area contributed by atoms with Crippen LogP contribution in [0.3, 0.4) is 0 Å². The second-order valence-electron chi connectivity index (χ2n) is 13.7. The number of carbonyl (C=O) groups is 2. The normalized spacial score (nSPS) is 14.2. The van der Waals surface area contributed by atoms with Gasteiger partial charge in [-0.3, -0.25) is 18.6 Å². The van der Waals surface area contributed by atoms with E-state index in [-0.39, 0.29) is 19.4 Å². The molecule has 0 aromatic rings. The van der Waals surface area contributed by atoms with E-state index < -0.39 is 51.8 Å². The van der Waals surface area contributed by atoms with Crippen LogP contribution in [-0.2, 0) is 32.7 Å². The number of phosphoric ester groups is 1. The highest BCUT2D eigenvalue weighted by molar-refractivity contribution is 7.47. The zero-order chi connectivity index (χ0) is 37.7. The Morgan fingerprint density at radius 3 is 1.49 bits per heavy atom. The summed E-state index contributed by atoms with van der Waals surface area (Å²) in [5.74, 6) is -0.940. The molecule has 0 heterocycles. The first-order valence-corrected chi connectivity index (χ1v) is 21.8. The van der Waals surface area contributed by atoms with E-state index >= 15 is 0 Å². The topological polar surface area (TPSA) is 149 Å². The molecule has 11 heteroatoms. The molecule has 0 spiro atoms. The van der Waals surface area contributed by atoms with Crippen LogP contribution in [0.1, 0.15) is 181 Å². The zero-order valence-electron chi connectivity index (χ0n) is 32.3. The minimum atomic E-state index is -4.61. The minimum absolute atomic E-state index is 0.179. The third-order valence-corrected chi connectivity index (χ3v) is 9.51. The Hall–Kier alpha value is -1.55. The summed E-state index contributed by atoms with van der Waals surface area (Å²) in [5.41, 5.74) is 0. The van der Waals surface area contributed by atoms with E-state index in [4.69, 9.17) is 19.1 Å². The number of aliphatic hydroxyl groups is 2. The van der Waals surface area contributed by atoms with Crippen LogP contribution < -0.4 is 0 Å². The highest BCUT2D eigenvalue weighted by Crippen LogP contribution is 2.43. The van der Waals surface area contributed by atoms with Crippen molar-refractivity contribution in [3.05, 3.63) is 24.3 Å². The quantitative estimate of drug-likeness (QED) is 0.0241. The largest absolute Gasteiger partial charge is 0.472 e. The van der Waals surface area contributed by atoms with Gasteiger partial charge in [0.05, 0.1) is 19.8 Å². The molecule has 0 aliphatic carbocycles. The number of carbonyl (C=O) groups excluding carboxylic acids is 2. The first-order chi connectivity index (χ1) is 24.7. The number of ether oxygens (including phenoxy) is 2. The third-order valence-electron chi connectivity index (χ3n) is 8.56. The van der Waals surface area contributed by atoms with Gasteiger partial charge in [-0.25, -0.2) is 4.57 Å². The van der Waals surface area contributed by atoms with Crippen molar-refractivity contribution in [2.45, 2.75) is 193 Å². The molecular weight excluding hydrogens is 671 g/mol. The predicted molar refractivity (Wildman–Crippen MR) is 205 cm³/mol. The van der Waals surface area contributed by atoms with Crippen molar-refractivity contribution in [1.82, 2.24) is 0 Å². The molecule has 3 atom stereocenters. The van der Waals surface area contributed by atoms with E-state index in [0.29, 0.717) is 12.8 Å². The summed E-state index contributed by atoms with van der Waals surface area (Å²) in [5, 5.41) is 18.3. The van der Waals surface area contributed by atoms with E-state index in [2.05, 4.69) is 42.7 Å². The number of rotatable bonds is 38. The first kappa shape index (κ1) is 49.5. The number of esters is 2. The van der Waals surface area contributed by atoms with E-state index in [0.717, 1.165) is 70.6 Å². The summed E-state index contributed by atoms with van der Waals surface area (Å²) in [6, 6.07) is 0. The maximum atomic E-state index is 12.6. The lowest BCUT2D eigenvalue weighted by Crippen LogP contribution is -2.29. The Bertz CT molecular complexity index is 910. The molecule has 10 nitrogen and oxygen atoms in total. The maximum absolute atomic E-state index is 12.6.